The summed E-state index contributed by atoms with van der Waals surface area (Å²) in [7, 11) is 0.344. The lowest BCUT2D eigenvalue weighted by Gasteiger charge is -2.26. The summed E-state index contributed by atoms with van der Waals surface area (Å²) < 4.78 is 27.1. The van der Waals surface area contributed by atoms with Gasteiger partial charge in [-0.1, -0.05) is 12.5 Å². The molecule has 0 bridgehead atoms. The maximum Gasteiger partial charge on any atom is 0.255 e. The molecule has 0 spiro atoms. The number of carbonyl (C=O) groups excluding carboxylic acids is 1. The second kappa shape index (κ2) is 8.10. The zero-order chi connectivity index (χ0) is 19.4. The van der Waals surface area contributed by atoms with Crippen LogP contribution in [-0.2, 0) is 10.0 Å². The molecule has 0 aliphatic carbocycles. The van der Waals surface area contributed by atoms with Crippen molar-refractivity contribution >= 4 is 27.3 Å². The molecule has 1 fully saturated rings. The Morgan fingerprint density at radius 2 is 1.67 bits per heavy atom. The molecule has 144 valence electrons. The number of sulfonamides is 1. The maximum atomic E-state index is 12.8. The lowest BCUT2D eigenvalue weighted by molar-refractivity contribution is 0.102. The predicted molar refractivity (Wildman–Crippen MR) is 108 cm³/mol. The van der Waals surface area contributed by atoms with Crippen molar-refractivity contribution in [2.75, 3.05) is 37.4 Å². The van der Waals surface area contributed by atoms with Gasteiger partial charge in [0.2, 0.25) is 10.0 Å². The van der Waals surface area contributed by atoms with Gasteiger partial charge in [0.05, 0.1) is 4.90 Å². The fourth-order valence-electron chi connectivity index (χ4n) is 3.10. The van der Waals surface area contributed by atoms with E-state index < -0.39 is 10.0 Å². The van der Waals surface area contributed by atoms with E-state index in [1.54, 1.807) is 30.3 Å². The third-order valence-corrected chi connectivity index (χ3v) is 6.59. The second-order valence-corrected chi connectivity index (χ2v) is 8.83. The molecule has 1 amide bonds. The third kappa shape index (κ3) is 4.48. The molecule has 1 N–H and O–H groups in total. The monoisotopic (exact) mass is 387 g/mol. The first-order valence-electron chi connectivity index (χ1n) is 9.07. The van der Waals surface area contributed by atoms with Crippen LogP contribution in [0.3, 0.4) is 0 Å². The van der Waals surface area contributed by atoms with Gasteiger partial charge >= 0.3 is 0 Å². The van der Waals surface area contributed by atoms with Crippen LogP contribution in [-0.4, -0.2) is 45.8 Å². The first-order valence-corrected chi connectivity index (χ1v) is 10.5. The molecule has 0 saturated carbocycles. The Labute approximate surface area is 160 Å². The van der Waals surface area contributed by atoms with Crippen LogP contribution in [0.2, 0.25) is 0 Å². The molecular formula is C20H25N3O3S. The van der Waals surface area contributed by atoms with Crippen molar-refractivity contribution in [2.45, 2.75) is 24.2 Å². The molecular weight excluding hydrogens is 362 g/mol. The van der Waals surface area contributed by atoms with Crippen molar-refractivity contribution in [3.05, 3.63) is 54.1 Å². The highest BCUT2D eigenvalue weighted by Gasteiger charge is 2.26. The quantitative estimate of drug-likeness (QED) is 0.855. The number of rotatable bonds is 5. The molecule has 1 aliphatic heterocycles. The normalized spacial score (nSPS) is 15.3. The minimum Gasteiger partial charge on any atom is -0.378 e. The van der Waals surface area contributed by atoms with E-state index in [2.05, 4.69) is 5.32 Å². The second-order valence-electron chi connectivity index (χ2n) is 6.89. The molecule has 2 aromatic rings. The van der Waals surface area contributed by atoms with Gasteiger partial charge in [0.25, 0.3) is 5.91 Å². The van der Waals surface area contributed by atoms with Gasteiger partial charge in [-0.15, -0.1) is 0 Å². The fourth-order valence-corrected chi connectivity index (χ4v) is 4.67. The van der Waals surface area contributed by atoms with Crippen molar-refractivity contribution in [1.29, 1.82) is 0 Å². The predicted octanol–water partition coefficient (Wildman–Crippen LogP) is 3.18. The van der Waals surface area contributed by atoms with Crippen molar-refractivity contribution < 1.29 is 13.2 Å². The van der Waals surface area contributed by atoms with E-state index in [-0.39, 0.29) is 10.8 Å². The van der Waals surface area contributed by atoms with E-state index in [0.29, 0.717) is 24.3 Å². The van der Waals surface area contributed by atoms with Crippen LogP contribution >= 0.6 is 0 Å². The van der Waals surface area contributed by atoms with Gasteiger partial charge in [-0.2, -0.15) is 4.31 Å². The zero-order valence-corrected chi connectivity index (χ0v) is 16.5. The average Bonchev–Trinajstić information content (AvgIpc) is 2.69. The number of nitrogens with one attached hydrogen (secondary N) is 1. The highest BCUT2D eigenvalue weighted by atomic mass is 32.2. The van der Waals surface area contributed by atoms with Crippen LogP contribution in [0.4, 0.5) is 11.4 Å². The Morgan fingerprint density at radius 1 is 1.00 bits per heavy atom. The number of carbonyl (C=O) groups is 1. The molecule has 3 rings (SSSR count). The molecule has 27 heavy (non-hydrogen) atoms. The van der Waals surface area contributed by atoms with Gasteiger partial charge in [-0.05, 0) is 55.3 Å². The van der Waals surface area contributed by atoms with E-state index in [9.17, 15) is 13.2 Å². The minimum atomic E-state index is -3.52. The summed E-state index contributed by atoms with van der Waals surface area (Å²) >= 11 is 0. The van der Waals surface area contributed by atoms with E-state index >= 15 is 0 Å². The van der Waals surface area contributed by atoms with Crippen LogP contribution in [0.1, 0.15) is 29.6 Å². The Bertz CT molecular complexity index is 902. The first-order chi connectivity index (χ1) is 12.9. The van der Waals surface area contributed by atoms with Crippen LogP contribution in [0, 0.1) is 0 Å². The molecule has 7 heteroatoms. The average molecular weight is 388 g/mol. The molecule has 1 heterocycles. The Balaban J connectivity index is 1.76. The van der Waals surface area contributed by atoms with E-state index in [1.165, 1.54) is 10.4 Å². The first kappa shape index (κ1) is 19.4. The highest BCUT2D eigenvalue weighted by molar-refractivity contribution is 7.89. The van der Waals surface area contributed by atoms with Gasteiger partial charge in [-0.3, -0.25) is 4.79 Å². The van der Waals surface area contributed by atoms with Gasteiger partial charge in [0, 0.05) is 44.1 Å². The van der Waals surface area contributed by atoms with Crippen LogP contribution in [0.25, 0.3) is 0 Å². The number of anilines is 2. The Hall–Kier alpha value is -2.38. The molecule has 6 nitrogen and oxygen atoms in total. The summed E-state index contributed by atoms with van der Waals surface area (Å²) in [5.74, 6) is -0.271. The van der Waals surface area contributed by atoms with E-state index in [1.807, 2.05) is 31.1 Å². The lowest BCUT2D eigenvalue weighted by atomic mass is 10.2. The molecule has 0 radical (unpaired) electrons. The van der Waals surface area contributed by atoms with Crippen LogP contribution in [0.15, 0.2) is 53.4 Å². The molecule has 1 saturated heterocycles. The standard InChI is InChI=1S/C20H25N3O3S/c1-22(2)18-11-9-16(10-12-18)20(24)21-17-7-6-8-19(15-17)27(25,26)23-13-4-3-5-14-23/h6-12,15H,3-5,13-14H2,1-2H3,(H,21,24). The van der Waals surface area contributed by atoms with Gasteiger partial charge < -0.3 is 10.2 Å². The van der Waals surface area contributed by atoms with Gasteiger partial charge in [-0.25, -0.2) is 8.42 Å². The number of hydrogen-bond acceptors (Lipinski definition) is 4. The van der Waals surface area contributed by atoms with Crippen molar-refractivity contribution in [3.8, 4) is 0 Å². The number of benzene rings is 2. The number of amides is 1. The number of piperidine rings is 1. The van der Waals surface area contributed by atoms with Crippen molar-refractivity contribution in [2.24, 2.45) is 0 Å². The summed E-state index contributed by atoms with van der Waals surface area (Å²) in [6, 6.07) is 13.7. The van der Waals surface area contributed by atoms with E-state index in [4.69, 9.17) is 0 Å². The fraction of sp³-hybridized carbons (Fsp3) is 0.350. The Kier molecular flexibility index (Phi) is 5.82. The SMILES string of the molecule is CN(C)c1ccc(C(=O)Nc2cccc(S(=O)(=O)N3CCCCC3)c2)cc1. The van der Waals surface area contributed by atoms with Gasteiger partial charge in [0.1, 0.15) is 0 Å². The largest absolute Gasteiger partial charge is 0.378 e. The molecule has 0 atom stereocenters. The zero-order valence-electron chi connectivity index (χ0n) is 15.7. The number of hydrogen-bond donors (Lipinski definition) is 1. The molecule has 0 unspecified atom stereocenters. The van der Waals surface area contributed by atoms with Crippen LogP contribution < -0.4 is 10.2 Å². The van der Waals surface area contributed by atoms with Gasteiger partial charge in [0.15, 0.2) is 0 Å². The summed E-state index contributed by atoms with van der Waals surface area (Å²) in [5.41, 5.74) is 1.99. The smallest absolute Gasteiger partial charge is 0.255 e. The maximum absolute atomic E-state index is 12.8. The van der Waals surface area contributed by atoms with E-state index in [0.717, 1.165) is 24.9 Å². The Morgan fingerprint density at radius 3 is 2.30 bits per heavy atom. The topological polar surface area (TPSA) is 69.7 Å². The highest BCUT2D eigenvalue weighted by Crippen LogP contribution is 2.23. The van der Waals surface area contributed by atoms with Crippen molar-refractivity contribution in [3.63, 3.8) is 0 Å². The summed E-state index contributed by atoms with van der Waals surface area (Å²) in [6.07, 6.45) is 2.84. The molecule has 1 aliphatic rings. The summed E-state index contributed by atoms with van der Waals surface area (Å²) in [5, 5.41) is 2.79. The molecule has 2 aromatic carbocycles. The lowest BCUT2D eigenvalue weighted by Crippen LogP contribution is -2.35. The van der Waals surface area contributed by atoms with Crippen LogP contribution in [0.5, 0.6) is 0 Å². The number of nitrogens with zero attached hydrogens (tertiary/aromatic N) is 2. The van der Waals surface area contributed by atoms with Crippen molar-refractivity contribution in [1.82, 2.24) is 4.31 Å². The molecule has 0 aromatic heterocycles. The summed E-state index contributed by atoms with van der Waals surface area (Å²) in [4.78, 5) is 14.6. The summed E-state index contributed by atoms with van der Waals surface area (Å²) in [6.45, 7) is 1.11. The minimum absolute atomic E-state index is 0.213. The third-order valence-electron chi connectivity index (χ3n) is 4.69.